The van der Waals surface area contributed by atoms with E-state index in [0.717, 1.165) is 19.3 Å². The SMILES string of the molecule is CCCN(C)S(=O)(=O)N1C[C@@H]2CCC[C@@]2(C(=O)O)C1. The van der Waals surface area contributed by atoms with E-state index in [9.17, 15) is 18.3 Å². The van der Waals surface area contributed by atoms with Crippen molar-refractivity contribution in [2.75, 3.05) is 26.7 Å². The Kier molecular flexibility index (Phi) is 3.90. The van der Waals surface area contributed by atoms with Gasteiger partial charge in [0.05, 0.1) is 5.41 Å². The molecule has 2 fully saturated rings. The number of fused-ring (bicyclic) bond motifs is 1. The minimum absolute atomic E-state index is 0.0326. The topological polar surface area (TPSA) is 77.9 Å². The minimum Gasteiger partial charge on any atom is -0.481 e. The minimum atomic E-state index is -3.51. The molecular weight excluding hydrogens is 268 g/mol. The zero-order chi connectivity index (χ0) is 14.3. The fraction of sp³-hybridized carbons (Fsp3) is 0.917. The molecule has 6 nitrogen and oxygen atoms in total. The van der Waals surface area contributed by atoms with Gasteiger partial charge in [-0.05, 0) is 25.2 Å². The lowest BCUT2D eigenvalue weighted by molar-refractivity contribution is -0.149. The summed E-state index contributed by atoms with van der Waals surface area (Å²) in [6.45, 7) is 2.86. The number of carboxylic acid groups (broad SMARTS) is 1. The smallest absolute Gasteiger partial charge is 0.311 e. The van der Waals surface area contributed by atoms with Gasteiger partial charge in [0.2, 0.25) is 0 Å². The molecule has 1 N–H and O–H groups in total. The standard InChI is InChI=1S/C12H22N2O4S/c1-3-7-13(2)19(17,18)14-8-10-5-4-6-12(10,9-14)11(15)16/h10H,3-9H2,1-2H3,(H,15,16)/t10-,12+/m0/s1. The predicted molar refractivity (Wildman–Crippen MR) is 70.8 cm³/mol. The zero-order valence-electron chi connectivity index (χ0n) is 11.5. The van der Waals surface area contributed by atoms with Gasteiger partial charge in [-0.15, -0.1) is 0 Å². The van der Waals surface area contributed by atoms with Crippen molar-refractivity contribution in [3.05, 3.63) is 0 Å². The van der Waals surface area contributed by atoms with Crippen LogP contribution in [0.15, 0.2) is 0 Å². The van der Waals surface area contributed by atoms with Crippen molar-refractivity contribution in [3.63, 3.8) is 0 Å². The largest absolute Gasteiger partial charge is 0.481 e. The van der Waals surface area contributed by atoms with Crippen LogP contribution in [0.25, 0.3) is 0 Å². The third kappa shape index (κ3) is 2.28. The average molecular weight is 290 g/mol. The summed E-state index contributed by atoms with van der Waals surface area (Å²) in [5.74, 6) is -0.874. The van der Waals surface area contributed by atoms with Crippen LogP contribution in [-0.2, 0) is 15.0 Å². The van der Waals surface area contributed by atoms with Gasteiger partial charge >= 0.3 is 5.97 Å². The lowest BCUT2D eigenvalue weighted by atomic mass is 9.81. The van der Waals surface area contributed by atoms with Gasteiger partial charge in [-0.1, -0.05) is 13.3 Å². The Bertz CT molecular complexity index is 464. The molecule has 1 saturated heterocycles. The molecule has 2 atom stereocenters. The average Bonchev–Trinajstić information content (AvgIpc) is 2.85. The Morgan fingerprint density at radius 3 is 2.74 bits per heavy atom. The Morgan fingerprint density at radius 1 is 1.53 bits per heavy atom. The molecule has 0 aromatic rings. The van der Waals surface area contributed by atoms with Gasteiger partial charge in [-0.25, -0.2) is 0 Å². The summed E-state index contributed by atoms with van der Waals surface area (Å²) in [5, 5.41) is 9.46. The highest BCUT2D eigenvalue weighted by Gasteiger charge is 2.57. The maximum Gasteiger partial charge on any atom is 0.311 e. The van der Waals surface area contributed by atoms with Gasteiger partial charge in [0.1, 0.15) is 0 Å². The quantitative estimate of drug-likeness (QED) is 0.811. The van der Waals surface area contributed by atoms with E-state index in [4.69, 9.17) is 0 Å². The van der Waals surface area contributed by atoms with Gasteiger partial charge in [0.25, 0.3) is 10.2 Å². The lowest BCUT2D eigenvalue weighted by Gasteiger charge is -2.26. The first-order valence-corrected chi connectivity index (χ1v) is 8.19. The first-order valence-electron chi connectivity index (χ1n) is 6.79. The van der Waals surface area contributed by atoms with Crippen molar-refractivity contribution in [2.45, 2.75) is 32.6 Å². The third-order valence-corrected chi connectivity index (χ3v) is 6.43. The van der Waals surface area contributed by atoms with Crippen molar-refractivity contribution in [1.29, 1.82) is 0 Å². The van der Waals surface area contributed by atoms with Crippen molar-refractivity contribution >= 4 is 16.2 Å². The van der Waals surface area contributed by atoms with Crippen LogP contribution in [0.5, 0.6) is 0 Å². The van der Waals surface area contributed by atoms with Crippen LogP contribution in [0.2, 0.25) is 0 Å². The van der Waals surface area contributed by atoms with Crippen LogP contribution < -0.4 is 0 Å². The summed E-state index contributed by atoms with van der Waals surface area (Å²) < 4.78 is 27.4. The molecule has 0 aromatic heterocycles. The van der Waals surface area contributed by atoms with E-state index in [0.29, 0.717) is 19.5 Å². The number of nitrogens with zero attached hydrogens (tertiary/aromatic N) is 2. The summed E-state index contributed by atoms with van der Waals surface area (Å²) >= 11 is 0. The highest BCUT2D eigenvalue weighted by molar-refractivity contribution is 7.86. The number of hydrogen-bond acceptors (Lipinski definition) is 3. The lowest BCUT2D eigenvalue weighted by Crippen LogP contribution is -2.43. The molecule has 0 unspecified atom stereocenters. The second kappa shape index (κ2) is 5.03. The highest BCUT2D eigenvalue weighted by atomic mass is 32.2. The van der Waals surface area contributed by atoms with Gasteiger partial charge in [-0.3, -0.25) is 4.79 Å². The number of aliphatic carboxylic acids is 1. The summed E-state index contributed by atoms with van der Waals surface area (Å²) in [4.78, 5) is 11.5. The van der Waals surface area contributed by atoms with E-state index in [1.165, 1.54) is 8.61 Å². The molecule has 1 heterocycles. The van der Waals surface area contributed by atoms with Crippen molar-refractivity contribution in [1.82, 2.24) is 8.61 Å². The number of hydrogen-bond donors (Lipinski definition) is 1. The van der Waals surface area contributed by atoms with Crippen LogP contribution in [0.1, 0.15) is 32.6 Å². The molecule has 0 amide bonds. The van der Waals surface area contributed by atoms with E-state index < -0.39 is 21.6 Å². The van der Waals surface area contributed by atoms with Gasteiger partial charge in [0, 0.05) is 26.7 Å². The van der Waals surface area contributed by atoms with Gasteiger partial charge in [-0.2, -0.15) is 17.0 Å². The molecule has 0 spiro atoms. The monoisotopic (exact) mass is 290 g/mol. The maximum absolute atomic E-state index is 12.4. The molecule has 2 rings (SSSR count). The number of carbonyl (C=O) groups is 1. The Morgan fingerprint density at radius 2 is 2.21 bits per heavy atom. The fourth-order valence-electron chi connectivity index (χ4n) is 3.40. The van der Waals surface area contributed by atoms with Crippen LogP contribution in [0.4, 0.5) is 0 Å². The van der Waals surface area contributed by atoms with Crippen molar-refractivity contribution in [3.8, 4) is 0 Å². The van der Waals surface area contributed by atoms with E-state index >= 15 is 0 Å². The summed E-state index contributed by atoms with van der Waals surface area (Å²) in [5.41, 5.74) is -0.847. The molecule has 1 aliphatic heterocycles. The molecule has 2 aliphatic rings. The molecular formula is C12H22N2O4S. The summed E-state index contributed by atoms with van der Waals surface area (Å²) in [6.07, 6.45) is 3.04. The Labute approximate surface area is 114 Å². The van der Waals surface area contributed by atoms with Crippen molar-refractivity contribution < 1.29 is 18.3 Å². The Hall–Kier alpha value is -0.660. The second-order valence-corrected chi connectivity index (χ2v) is 7.71. The van der Waals surface area contributed by atoms with E-state index in [1.807, 2.05) is 6.92 Å². The van der Waals surface area contributed by atoms with Gasteiger partial charge < -0.3 is 5.11 Å². The molecule has 0 bridgehead atoms. The van der Waals surface area contributed by atoms with Crippen LogP contribution in [0, 0.1) is 11.3 Å². The van der Waals surface area contributed by atoms with E-state index in [-0.39, 0.29) is 12.5 Å². The normalized spacial score (nSPS) is 31.8. The molecule has 110 valence electrons. The Balaban J connectivity index is 2.20. The fourth-order valence-corrected chi connectivity index (χ4v) is 4.97. The van der Waals surface area contributed by atoms with Crippen LogP contribution in [-0.4, -0.2) is 54.8 Å². The highest BCUT2D eigenvalue weighted by Crippen LogP contribution is 2.49. The van der Waals surface area contributed by atoms with Crippen LogP contribution in [0.3, 0.4) is 0 Å². The van der Waals surface area contributed by atoms with Crippen LogP contribution >= 0.6 is 0 Å². The summed E-state index contributed by atoms with van der Waals surface area (Å²) in [6, 6.07) is 0. The molecule has 19 heavy (non-hydrogen) atoms. The third-order valence-electron chi connectivity index (χ3n) is 4.52. The first-order chi connectivity index (χ1) is 8.84. The molecule has 1 saturated carbocycles. The molecule has 1 aliphatic carbocycles. The number of carboxylic acids is 1. The van der Waals surface area contributed by atoms with Crippen molar-refractivity contribution in [2.24, 2.45) is 11.3 Å². The summed E-state index contributed by atoms with van der Waals surface area (Å²) in [7, 11) is -1.96. The molecule has 0 aromatic carbocycles. The number of rotatable bonds is 5. The predicted octanol–water partition coefficient (Wildman–Crippen LogP) is 0.760. The maximum atomic E-state index is 12.4. The van der Waals surface area contributed by atoms with E-state index in [2.05, 4.69) is 0 Å². The first kappa shape index (κ1) is 14.7. The molecule has 7 heteroatoms. The molecule has 0 radical (unpaired) electrons. The van der Waals surface area contributed by atoms with E-state index in [1.54, 1.807) is 7.05 Å². The van der Waals surface area contributed by atoms with Gasteiger partial charge in [0.15, 0.2) is 0 Å². The zero-order valence-corrected chi connectivity index (χ0v) is 12.3. The second-order valence-electron chi connectivity index (χ2n) is 5.67.